The summed E-state index contributed by atoms with van der Waals surface area (Å²) in [5.41, 5.74) is 0. The molecule has 0 spiro atoms. The van der Waals surface area contributed by atoms with Gasteiger partial charge in [-0.1, -0.05) is 11.8 Å². The lowest BCUT2D eigenvalue weighted by molar-refractivity contribution is -0.196. The number of nitrogens with one attached hydrogen (secondary N) is 2. The topological polar surface area (TPSA) is 179 Å². The maximum atomic E-state index is 11.6. The Hall–Kier alpha value is 0.470. The number of aliphatic hydroxyl groups is 2. The zero-order valence-electron chi connectivity index (χ0n) is 23.2. The number of aliphatic imine (C=N–C) groups is 2. The van der Waals surface area contributed by atoms with Gasteiger partial charge < -0.3 is 40.1 Å². The molecule has 23 heteroatoms. The summed E-state index contributed by atoms with van der Waals surface area (Å²) in [6.07, 6.45) is 1.53. The molecule has 0 unspecified atom stereocenters. The minimum absolute atomic E-state index is 0.0569. The number of amides is 2. The van der Waals surface area contributed by atoms with E-state index in [-0.39, 0.29) is 29.7 Å². The van der Waals surface area contributed by atoms with E-state index < -0.39 is 12.2 Å². The van der Waals surface area contributed by atoms with Crippen LogP contribution >= 0.6 is 106 Å². The Labute approximate surface area is 290 Å². The van der Waals surface area contributed by atoms with E-state index in [0.717, 1.165) is 28.1 Å². The van der Waals surface area contributed by atoms with Crippen molar-refractivity contribution in [3.05, 3.63) is 0 Å². The first-order valence-corrected chi connectivity index (χ1v) is 22.4. The summed E-state index contributed by atoms with van der Waals surface area (Å²) in [6.45, 7) is 0. The lowest BCUT2D eigenvalue weighted by atomic mass is 11.0. The number of alkyl carbamates (subject to hydrolysis) is 2. The van der Waals surface area contributed by atoms with Gasteiger partial charge in [-0.2, -0.15) is 9.78 Å². The molecule has 0 aliphatic rings. The van der Waals surface area contributed by atoms with Crippen molar-refractivity contribution < 1.29 is 48.8 Å². The van der Waals surface area contributed by atoms with Gasteiger partial charge in [-0.25, -0.2) is 19.6 Å². The van der Waals surface area contributed by atoms with Gasteiger partial charge >= 0.3 is 12.2 Å². The first-order chi connectivity index (χ1) is 21.2. The number of nitrogens with zero attached hydrogens (tertiary/aromatic N) is 2. The predicted molar refractivity (Wildman–Crippen MR) is 191 cm³/mol. The number of rotatable bonds is 32. The third-order valence-corrected chi connectivity index (χ3v) is 11.4. The Morgan fingerprint density at radius 2 is 1.02 bits per heavy atom. The van der Waals surface area contributed by atoms with Gasteiger partial charge in [0.15, 0.2) is 0 Å². The molecule has 0 aliphatic heterocycles. The Kier molecular flexibility index (Phi) is 39.1. The summed E-state index contributed by atoms with van der Waals surface area (Å²) in [7, 11) is 0. The van der Waals surface area contributed by atoms with Crippen LogP contribution in [0.2, 0.25) is 0 Å². The first-order valence-electron chi connectivity index (χ1n) is 12.0. The van der Waals surface area contributed by atoms with Crippen LogP contribution in [0.3, 0.4) is 0 Å². The molecule has 0 heterocycles. The molecule has 0 bridgehead atoms. The molecule has 0 aromatic heterocycles. The van der Waals surface area contributed by atoms with Crippen LogP contribution in [-0.4, -0.2) is 128 Å². The van der Waals surface area contributed by atoms with Crippen LogP contribution < -0.4 is 10.6 Å². The summed E-state index contributed by atoms with van der Waals surface area (Å²) < 4.78 is 10.0. The van der Waals surface area contributed by atoms with Gasteiger partial charge in [0.1, 0.15) is 23.8 Å². The number of hydrogen-bond acceptors (Lipinski definition) is 21. The Morgan fingerprint density at radius 3 is 1.53 bits per heavy atom. The average Bonchev–Trinajstić information content (AvgIpc) is 3.00. The van der Waals surface area contributed by atoms with Crippen LogP contribution in [0, 0.1) is 0 Å². The number of carbonyl (C=O) groups excluding carboxylic acids is 2. The maximum Gasteiger partial charge on any atom is 0.408 e. The molecule has 43 heavy (non-hydrogen) atoms. The highest BCUT2D eigenvalue weighted by molar-refractivity contribution is 8.16. The lowest BCUT2D eigenvalue weighted by Crippen LogP contribution is -2.24. The van der Waals surface area contributed by atoms with Gasteiger partial charge in [0.05, 0.1) is 35.4 Å². The van der Waals surface area contributed by atoms with Crippen LogP contribution in [-0.2, 0) is 29.0 Å². The fraction of sp³-hybridized carbons (Fsp3) is 0.800. The van der Waals surface area contributed by atoms with Gasteiger partial charge in [-0.15, -0.1) is 94.1 Å². The Bertz CT molecular complexity index is 697. The first kappa shape index (κ1) is 43.5. The highest BCUT2D eigenvalue weighted by Crippen LogP contribution is 2.12. The van der Waals surface area contributed by atoms with Crippen molar-refractivity contribution in [3.8, 4) is 0 Å². The summed E-state index contributed by atoms with van der Waals surface area (Å²) in [5, 5.41) is 24.0. The summed E-state index contributed by atoms with van der Waals surface area (Å²) in [5.74, 6) is 6.47. The monoisotopic (exact) mass is 782 g/mol. The van der Waals surface area contributed by atoms with Gasteiger partial charge in [0.25, 0.3) is 0 Å². The molecule has 0 aromatic carbocycles. The van der Waals surface area contributed by atoms with Crippen molar-refractivity contribution >= 4 is 131 Å². The molecular weight excluding hydrogens is 745 g/mol. The average molecular weight is 783 g/mol. The van der Waals surface area contributed by atoms with E-state index in [0.29, 0.717) is 34.5 Å². The van der Waals surface area contributed by atoms with Crippen molar-refractivity contribution in [2.75, 3.05) is 92.3 Å². The highest BCUT2D eigenvalue weighted by Gasteiger charge is 2.02. The number of thioether (sulfide) groups is 9. The molecule has 0 fully saturated rings. The molecule has 2 amide bonds. The van der Waals surface area contributed by atoms with E-state index >= 15 is 0 Å². The van der Waals surface area contributed by atoms with Crippen molar-refractivity contribution in [2.45, 2.75) is 0 Å². The van der Waals surface area contributed by atoms with Gasteiger partial charge in [-0.05, 0) is 0 Å². The van der Waals surface area contributed by atoms with Crippen LogP contribution in [0.25, 0.3) is 0 Å². The number of aliphatic hydroxyl groups excluding tert-OH is 2. The summed E-state index contributed by atoms with van der Waals surface area (Å²) in [6, 6.07) is 0. The molecule has 252 valence electrons. The summed E-state index contributed by atoms with van der Waals surface area (Å²) in [4.78, 5) is 50.6. The van der Waals surface area contributed by atoms with Crippen molar-refractivity contribution in [1.82, 2.24) is 10.6 Å². The smallest absolute Gasteiger partial charge is 0.408 e. The number of hydrogen-bond donors (Lipinski definition) is 4. The van der Waals surface area contributed by atoms with Crippen molar-refractivity contribution in [3.63, 3.8) is 0 Å². The fourth-order valence-corrected chi connectivity index (χ4v) is 7.71. The van der Waals surface area contributed by atoms with Gasteiger partial charge in [0, 0.05) is 33.2 Å². The summed E-state index contributed by atoms with van der Waals surface area (Å²) >= 11 is 13.3. The molecule has 0 rings (SSSR count). The standard InChI is InChI=1S/C20H38N4O10S9/c25-11-39-17-42-14-30-20(28)24-10-38-4-2-35-7-21-5-31-33-15-41-13-29-19(27)23-9-37-3-1-36-8-22-6-32-34-16-43-18-40-12-26/h5-6,25-26H,1-4,7-18H2,(H,23,27)(H,24,28)/b21-5-,22-6-. The minimum Gasteiger partial charge on any atom is -0.438 e. The fourth-order valence-electron chi connectivity index (χ4n) is 1.73. The van der Waals surface area contributed by atoms with E-state index in [1.165, 1.54) is 71.6 Å². The number of carbonyl (C=O) groups is 2. The minimum atomic E-state index is -0.500. The maximum absolute atomic E-state index is 11.6. The van der Waals surface area contributed by atoms with Crippen LogP contribution in [0.4, 0.5) is 9.59 Å². The second-order valence-electron chi connectivity index (χ2n) is 6.39. The molecule has 4 N–H and O–H groups in total. The predicted octanol–water partition coefficient (Wildman–Crippen LogP) is 4.47. The second-order valence-corrected chi connectivity index (χ2v) is 16.1. The molecule has 0 radical (unpaired) electrons. The second kappa shape index (κ2) is 38.7. The zero-order valence-corrected chi connectivity index (χ0v) is 30.5. The largest absolute Gasteiger partial charge is 0.438 e. The zero-order chi connectivity index (χ0) is 31.3. The van der Waals surface area contributed by atoms with Crippen LogP contribution in [0.5, 0.6) is 0 Å². The van der Waals surface area contributed by atoms with Crippen molar-refractivity contribution in [1.29, 1.82) is 0 Å². The molecule has 0 saturated heterocycles. The molecule has 0 aliphatic carbocycles. The normalized spacial score (nSPS) is 11.2. The van der Waals surface area contributed by atoms with Crippen molar-refractivity contribution in [2.24, 2.45) is 9.98 Å². The molecular formula is C20H38N4O10S9. The Balaban J connectivity index is 3.29. The van der Waals surface area contributed by atoms with E-state index in [1.807, 2.05) is 0 Å². The van der Waals surface area contributed by atoms with Gasteiger partial charge in [0.2, 0.25) is 12.8 Å². The van der Waals surface area contributed by atoms with E-state index in [2.05, 4.69) is 20.6 Å². The quantitative estimate of drug-likeness (QED) is 0.0187. The van der Waals surface area contributed by atoms with E-state index in [9.17, 15) is 9.59 Å². The van der Waals surface area contributed by atoms with E-state index in [1.54, 1.807) is 47.0 Å². The highest BCUT2D eigenvalue weighted by atomic mass is 32.2. The molecule has 14 nitrogen and oxygen atoms in total. The molecule has 0 aromatic rings. The number of ether oxygens (including phenoxy) is 2. The molecule has 0 atom stereocenters. The molecule has 0 saturated carbocycles. The Morgan fingerprint density at radius 1 is 0.581 bits per heavy atom. The van der Waals surface area contributed by atoms with Crippen LogP contribution in [0.15, 0.2) is 9.98 Å². The van der Waals surface area contributed by atoms with E-state index in [4.69, 9.17) is 39.2 Å². The third-order valence-electron chi connectivity index (χ3n) is 3.41. The van der Waals surface area contributed by atoms with Crippen LogP contribution in [0.1, 0.15) is 0 Å². The third kappa shape index (κ3) is 38.6. The van der Waals surface area contributed by atoms with Gasteiger partial charge in [-0.3, -0.25) is 0 Å². The lowest BCUT2D eigenvalue weighted by Gasteiger charge is -2.06. The SMILES string of the molecule is O=C(NCSCCSC/N=C\OOCSCSCO)OCSCOO/C=N\CSCCSCNC(=O)OCSCSCO.